The summed E-state index contributed by atoms with van der Waals surface area (Å²) >= 11 is 17.9. The van der Waals surface area contributed by atoms with Gasteiger partial charge in [0, 0.05) is 23.5 Å². The van der Waals surface area contributed by atoms with Gasteiger partial charge < -0.3 is 14.9 Å². The Bertz CT molecular complexity index is 1330. The fourth-order valence-electron chi connectivity index (χ4n) is 3.11. The number of H-pyrrole nitrogens is 1. The second kappa shape index (κ2) is 10.2. The van der Waals surface area contributed by atoms with Gasteiger partial charge in [0.1, 0.15) is 12.4 Å². The molecule has 11 heteroatoms. The average molecular weight is 506 g/mol. The molecule has 4 rings (SSSR count). The molecule has 0 aliphatic rings. The first kappa shape index (κ1) is 23.0. The topological polar surface area (TPSA) is 77.0 Å². The van der Waals surface area contributed by atoms with Crippen LogP contribution in [0, 0.1) is 10.6 Å². The number of hydrogen-bond acceptors (Lipinski definition) is 6. The molecular formula is C22H18Cl2FN5O2S. The Morgan fingerprint density at radius 2 is 1.91 bits per heavy atom. The number of ether oxygens (including phenoxy) is 2. The van der Waals surface area contributed by atoms with Crippen molar-refractivity contribution in [2.24, 2.45) is 0 Å². The van der Waals surface area contributed by atoms with Gasteiger partial charge in [-0.15, -0.1) is 0 Å². The minimum Gasteiger partial charge on any atom is -0.493 e. The zero-order valence-corrected chi connectivity index (χ0v) is 19.6. The van der Waals surface area contributed by atoms with Crippen LogP contribution in [-0.2, 0) is 13.2 Å². The van der Waals surface area contributed by atoms with E-state index in [0.29, 0.717) is 39.2 Å². The quantitative estimate of drug-likeness (QED) is 0.295. The molecule has 0 aliphatic heterocycles. The Kier molecular flexibility index (Phi) is 7.12. The van der Waals surface area contributed by atoms with Gasteiger partial charge >= 0.3 is 0 Å². The largest absolute Gasteiger partial charge is 0.493 e. The van der Waals surface area contributed by atoms with Gasteiger partial charge in [-0.2, -0.15) is 5.10 Å². The van der Waals surface area contributed by atoms with Gasteiger partial charge in [0.05, 0.1) is 23.7 Å². The van der Waals surface area contributed by atoms with Crippen molar-refractivity contribution in [1.82, 2.24) is 19.9 Å². The Morgan fingerprint density at radius 3 is 2.64 bits per heavy atom. The highest BCUT2D eigenvalue weighted by Gasteiger charge is 2.15. The summed E-state index contributed by atoms with van der Waals surface area (Å²) in [6.07, 6.45) is 3.36. The lowest BCUT2D eigenvalue weighted by molar-refractivity contribution is 0.284. The maximum atomic E-state index is 13.3. The second-order valence-corrected chi connectivity index (χ2v) is 8.09. The van der Waals surface area contributed by atoms with Crippen molar-refractivity contribution in [3.05, 3.63) is 86.6 Å². The minimum absolute atomic E-state index is 0.103. The Balaban J connectivity index is 1.52. The molecule has 2 aromatic carbocycles. The van der Waals surface area contributed by atoms with Crippen LogP contribution in [0.5, 0.6) is 11.5 Å². The molecule has 0 unspecified atom stereocenters. The molecule has 0 aliphatic carbocycles. The highest BCUT2D eigenvalue weighted by Crippen LogP contribution is 2.37. The normalized spacial score (nSPS) is 10.8. The molecule has 2 N–H and O–H groups in total. The van der Waals surface area contributed by atoms with Crippen LogP contribution in [0.2, 0.25) is 10.0 Å². The van der Waals surface area contributed by atoms with E-state index in [1.54, 1.807) is 35.3 Å². The van der Waals surface area contributed by atoms with E-state index in [0.717, 1.165) is 11.1 Å². The molecule has 2 aromatic heterocycles. The molecule has 0 atom stereocenters. The van der Waals surface area contributed by atoms with Crippen LogP contribution >= 0.6 is 35.4 Å². The average Bonchev–Trinajstić information content (AvgIpc) is 3.18. The lowest BCUT2D eigenvalue weighted by atomic mass is 10.2. The fourth-order valence-corrected chi connectivity index (χ4v) is 3.82. The summed E-state index contributed by atoms with van der Waals surface area (Å²) in [6.45, 7) is 0.484. The summed E-state index contributed by atoms with van der Waals surface area (Å²) in [6, 6.07) is 11.3. The molecule has 4 aromatic rings. The number of hydrogen-bond donors (Lipinski definition) is 2. The van der Waals surface area contributed by atoms with E-state index in [9.17, 15) is 4.39 Å². The van der Waals surface area contributed by atoms with E-state index in [-0.39, 0.29) is 11.6 Å². The van der Waals surface area contributed by atoms with E-state index in [1.165, 1.54) is 19.2 Å². The van der Waals surface area contributed by atoms with Crippen LogP contribution in [0.3, 0.4) is 0 Å². The minimum atomic E-state index is -0.416. The maximum Gasteiger partial charge on any atom is 0.214 e. The standard InChI is InChI=1S/C22H18Cl2FN5O2S/c1-31-19-9-13(8-18(24)20(19)32-12-15-2-3-16(25)10-17(15)23)11-27-30-21(28-29-22(30)33)14-4-6-26-7-5-14/h2-10,27H,11-12H2,1H3,(H,29,33). The van der Waals surface area contributed by atoms with Crippen LogP contribution in [-0.4, -0.2) is 27.0 Å². The Labute approximate surface area is 204 Å². The van der Waals surface area contributed by atoms with E-state index >= 15 is 0 Å². The molecule has 0 saturated heterocycles. The van der Waals surface area contributed by atoms with Crippen molar-refractivity contribution in [2.75, 3.05) is 12.5 Å². The van der Waals surface area contributed by atoms with Crippen molar-refractivity contribution in [3.63, 3.8) is 0 Å². The first-order chi connectivity index (χ1) is 16.0. The van der Waals surface area contributed by atoms with Gasteiger partial charge in [-0.05, 0) is 54.2 Å². The lowest BCUT2D eigenvalue weighted by Crippen LogP contribution is -2.16. The molecule has 0 fully saturated rings. The molecule has 0 saturated carbocycles. The molecule has 33 heavy (non-hydrogen) atoms. The molecule has 170 valence electrons. The lowest BCUT2D eigenvalue weighted by Gasteiger charge is -2.16. The van der Waals surface area contributed by atoms with Crippen molar-refractivity contribution in [2.45, 2.75) is 13.2 Å². The molecular weight excluding hydrogens is 488 g/mol. The van der Waals surface area contributed by atoms with Gasteiger partial charge in [0.25, 0.3) is 0 Å². The Hall–Kier alpha value is -3.14. The predicted octanol–water partition coefficient (Wildman–Crippen LogP) is 5.78. The third-order valence-corrected chi connectivity index (χ3v) is 5.63. The summed E-state index contributed by atoms with van der Waals surface area (Å²) in [5.74, 6) is 1.01. The third kappa shape index (κ3) is 5.27. The number of nitrogens with zero attached hydrogens (tertiary/aromatic N) is 3. The fraction of sp³-hybridized carbons (Fsp3) is 0.136. The monoisotopic (exact) mass is 505 g/mol. The summed E-state index contributed by atoms with van der Waals surface area (Å²) in [5.41, 5.74) is 5.54. The van der Waals surface area contributed by atoms with Crippen LogP contribution in [0.4, 0.5) is 4.39 Å². The van der Waals surface area contributed by atoms with Crippen molar-refractivity contribution < 1.29 is 13.9 Å². The zero-order valence-electron chi connectivity index (χ0n) is 17.3. The summed E-state index contributed by atoms with van der Waals surface area (Å²) in [5, 5.41) is 7.69. The third-order valence-electron chi connectivity index (χ3n) is 4.73. The number of aromatic amines is 1. The first-order valence-corrected chi connectivity index (χ1v) is 10.9. The van der Waals surface area contributed by atoms with Crippen molar-refractivity contribution in [3.8, 4) is 22.9 Å². The molecule has 2 heterocycles. The number of benzene rings is 2. The second-order valence-electron chi connectivity index (χ2n) is 6.89. The van der Waals surface area contributed by atoms with E-state index in [1.807, 2.05) is 12.1 Å². The molecule has 0 radical (unpaired) electrons. The highest BCUT2D eigenvalue weighted by atomic mass is 35.5. The zero-order chi connectivity index (χ0) is 23.4. The smallest absolute Gasteiger partial charge is 0.214 e. The Morgan fingerprint density at radius 1 is 1.12 bits per heavy atom. The summed E-state index contributed by atoms with van der Waals surface area (Å²) in [7, 11) is 1.52. The van der Waals surface area contributed by atoms with Gasteiger partial charge in [-0.25, -0.2) is 14.2 Å². The summed E-state index contributed by atoms with van der Waals surface area (Å²) < 4.78 is 26.7. The van der Waals surface area contributed by atoms with Gasteiger partial charge in [0.15, 0.2) is 17.3 Å². The van der Waals surface area contributed by atoms with Crippen LogP contribution in [0.25, 0.3) is 11.4 Å². The van der Waals surface area contributed by atoms with Gasteiger partial charge in [-0.3, -0.25) is 4.98 Å². The van der Waals surface area contributed by atoms with Crippen LogP contribution < -0.4 is 14.9 Å². The van der Waals surface area contributed by atoms with E-state index in [4.69, 9.17) is 44.9 Å². The molecule has 0 spiro atoms. The number of rotatable bonds is 8. The SMILES string of the molecule is COc1cc(CNn2c(-c3ccncc3)n[nH]c2=S)cc(Cl)c1OCc1ccc(F)cc1Cl. The number of aromatic nitrogens is 4. The van der Waals surface area contributed by atoms with Gasteiger partial charge in [0.2, 0.25) is 4.77 Å². The molecule has 7 nitrogen and oxygen atoms in total. The maximum absolute atomic E-state index is 13.3. The van der Waals surface area contributed by atoms with Crippen LogP contribution in [0.15, 0.2) is 54.9 Å². The van der Waals surface area contributed by atoms with E-state index < -0.39 is 5.82 Å². The van der Waals surface area contributed by atoms with Crippen molar-refractivity contribution >= 4 is 35.4 Å². The molecule has 0 bridgehead atoms. The highest BCUT2D eigenvalue weighted by molar-refractivity contribution is 7.71. The van der Waals surface area contributed by atoms with E-state index in [2.05, 4.69) is 20.6 Å². The molecule has 0 amide bonds. The number of pyridine rings is 1. The van der Waals surface area contributed by atoms with Crippen LogP contribution in [0.1, 0.15) is 11.1 Å². The predicted molar refractivity (Wildman–Crippen MR) is 127 cm³/mol. The number of halogens is 3. The van der Waals surface area contributed by atoms with Gasteiger partial charge in [-0.1, -0.05) is 29.3 Å². The number of methoxy groups -OCH3 is 1. The summed E-state index contributed by atoms with van der Waals surface area (Å²) in [4.78, 5) is 4.02. The first-order valence-electron chi connectivity index (χ1n) is 9.71. The number of nitrogens with one attached hydrogen (secondary N) is 2. The van der Waals surface area contributed by atoms with Crippen molar-refractivity contribution in [1.29, 1.82) is 0 Å².